The van der Waals surface area contributed by atoms with E-state index in [4.69, 9.17) is 0 Å². The average molecular weight is 373 g/mol. The van der Waals surface area contributed by atoms with Crippen LogP contribution in [0.25, 0.3) is 0 Å². The van der Waals surface area contributed by atoms with Gasteiger partial charge in [-0.3, -0.25) is 0 Å². The van der Waals surface area contributed by atoms with Crippen molar-refractivity contribution in [2.75, 3.05) is 0 Å². The summed E-state index contributed by atoms with van der Waals surface area (Å²) in [5.41, 5.74) is 0. The van der Waals surface area contributed by atoms with E-state index in [0.29, 0.717) is 12.8 Å². The Morgan fingerprint density at radius 3 is 1.18 bits per heavy atom. The first-order valence-corrected chi connectivity index (χ1v) is 7.86. The van der Waals surface area contributed by atoms with Crippen LogP contribution in [0.5, 0.6) is 0 Å². The van der Waals surface area contributed by atoms with Crippen LogP contribution < -0.4 is 10.2 Å². The third-order valence-electron chi connectivity index (χ3n) is 3.46. The van der Waals surface area contributed by atoms with Gasteiger partial charge in [0.25, 0.3) is 0 Å². The topological polar surface area (TPSA) is 110 Å². The molecule has 2 atom stereocenters. The fraction of sp³-hybridized carbons (Fsp3) is 0.875. The SMILES string of the molecule is CCCCC(CC)C(=O)[O-].CCCCC(CC)C(=O)[O-].[Ga+3].[OH-]. The normalized spacial score (nSPS) is 11.8. The largest absolute Gasteiger partial charge is 3.00 e. The molecule has 0 rings (SSSR count). The summed E-state index contributed by atoms with van der Waals surface area (Å²) in [6.07, 6.45) is 7.04. The van der Waals surface area contributed by atoms with E-state index >= 15 is 0 Å². The van der Waals surface area contributed by atoms with Gasteiger partial charge in [-0.15, -0.1) is 0 Å². The number of hydrogen-bond acceptors (Lipinski definition) is 5. The zero-order valence-corrected chi connectivity index (χ0v) is 16.9. The quantitative estimate of drug-likeness (QED) is 0.537. The van der Waals surface area contributed by atoms with Crippen molar-refractivity contribution >= 4 is 31.7 Å². The van der Waals surface area contributed by atoms with Gasteiger partial charge in [0.1, 0.15) is 0 Å². The number of unbranched alkanes of at least 4 members (excludes halogenated alkanes) is 2. The van der Waals surface area contributed by atoms with E-state index in [1.807, 2.05) is 13.8 Å². The minimum absolute atomic E-state index is 0. The summed E-state index contributed by atoms with van der Waals surface area (Å²) in [4.78, 5) is 20.7. The van der Waals surface area contributed by atoms with E-state index in [1.54, 1.807) is 0 Å². The Bertz CT molecular complexity index is 233. The maximum atomic E-state index is 10.3. The monoisotopic (exact) mass is 372 g/mol. The zero-order valence-electron chi connectivity index (χ0n) is 14.5. The Hall–Kier alpha value is -0.464. The van der Waals surface area contributed by atoms with Crippen LogP contribution >= 0.6 is 0 Å². The second kappa shape index (κ2) is 20.5. The average Bonchev–Trinajstić information content (AvgIpc) is 2.40. The Kier molecular flexibility index (Phi) is 27.6. The molecule has 2 unspecified atom stereocenters. The first-order chi connectivity index (χ1) is 9.44. The summed E-state index contributed by atoms with van der Waals surface area (Å²) in [5.74, 6) is -2.23. The van der Waals surface area contributed by atoms with E-state index in [-0.39, 0.29) is 37.1 Å². The van der Waals surface area contributed by atoms with Crippen LogP contribution in [0.15, 0.2) is 0 Å². The van der Waals surface area contributed by atoms with Crippen LogP contribution in [0.3, 0.4) is 0 Å². The molecule has 128 valence electrons. The maximum Gasteiger partial charge on any atom is 3.00 e. The number of carbonyl (C=O) groups is 2. The molecule has 0 bridgehead atoms. The molecule has 0 radical (unpaired) electrons. The first kappa shape index (κ1) is 29.5. The molecule has 0 aliphatic heterocycles. The first-order valence-electron chi connectivity index (χ1n) is 7.86. The predicted octanol–water partition coefficient (Wildman–Crippen LogP) is 1.35. The summed E-state index contributed by atoms with van der Waals surface area (Å²) >= 11 is 0. The molecule has 0 saturated heterocycles. The third-order valence-corrected chi connectivity index (χ3v) is 3.46. The van der Waals surface area contributed by atoms with Crippen LogP contribution in [-0.2, 0) is 9.59 Å². The number of hydrogen-bond donors (Lipinski definition) is 0. The van der Waals surface area contributed by atoms with Crippen LogP contribution in [0, 0.1) is 11.8 Å². The van der Waals surface area contributed by atoms with E-state index in [9.17, 15) is 19.8 Å². The van der Waals surface area contributed by atoms with Gasteiger partial charge in [0.2, 0.25) is 0 Å². The van der Waals surface area contributed by atoms with Crippen LogP contribution in [0.2, 0.25) is 0 Å². The maximum absolute atomic E-state index is 10.3. The summed E-state index contributed by atoms with van der Waals surface area (Å²) in [6.45, 7) is 7.89. The Labute approximate surface area is 148 Å². The molecule has 0 spiro atoms. The second-order valence-electron chi connectivity index (χ2n) is 5.13. The summed E-state index contributed by atoms with van der Waals surface area (Å²) in [5, 5.41) is 20.7. The Morgan fingerprint density at radius 2 is 1.05 bits per heavy atom. The molecule has 0 aromatic carbocycles. The molecular weight excluding hydrogens is 342 g/mol. The predicted molar refractivity (Wildman–Crippen MR) is 84.3 cm³/mol. The van der Waals surface area contributed by atoms with E-state index < -0.39 is 11.9 Å². The molecule has 0 aromatic heterocycles. The molecule has 0 aromatic rings. The van der Waals surface area contributed by atoms with Gasteiger partial charge < -0.3 is 25.3 Å². The van der Waals surface area contributed by atoms with Gasteiger partial charge in [-0.25, -0.2) is 0 Å². The second-order valence-corrected chi connectivity index (χ2v) is 5.13. The number of carbonyl (C=O) groups excluding carboxylic acids is 2. The van der Waals surface area contributed by atoms with Gasteiger partial charge >= 0.3 is 19.8 Å². The molecule has 0 amide bonds. The summed E-state index contributed by atoms with van der Waals surface area (Å²) < 4.78 is 0. The fourth-order valence-corrected chi connectivity index (χ4v) is 1.88. The molecule has 0 fully saturated rings. The minimum atomic E-state index is -0.893. The van der Waals surface area contributed by atoms with Crippen molar-refractivity contribution in [3.8, 4) is 0 Å². The molecule has 1 N–H and O–H groups in total. The van der Waals surface area contributed by atoms with Gasteiger partial charge in [0.15, 0.2) is 0 Å². The van der Waals surface area contributed by atoms with Gasteiger partial charge in [-0.05, 0) is 37.5 Å². The Morgan fingerprint density at radius 1 is 0.773 bits per heavy atom. The fourth-order valence-electron chi connectivity index (χ4n) is 1.88. The van der Waals surface area contributed by atoms with Crippen LogP contribution in [0.4, 0.5) is 0 Å². The molecule has 0 aliphatic rings. The van der Waals surface area contributed by atoms with Crippen molar-refractivity contribution in [2.45, 2.75) is 79.1 Å². The van der Waals surface area contributed by atoms with Gasteiger partial charge in [0.05, 0.1) is 0 Å². The standard InChI is InChI=1S/2C8H16O2.Ga.H2O/c2*1-3-5-6-7(4-2)8(9)10;;/h2*7H,3-6H2,1-2H3,(H,9,10);;1H2/q;;+3;/p-3. The van der Waals surface area contributed by atoms with E-state index in [2.05, 4.69) is 13.8 Å². The molecule has 0 aliphatic carbocycles. The zero-order chi connectivity index (χ0) is 16.0. The molecular formula is C16H31GaO5. The van der Waals surface area contributed by atoms with E-state index in [1.165, 1.54) is 0 Å². The molecule has 0 saturated carbocycles. The smallest absolute Gasteiger partial charge is 0.870 e. The molecule has 0 heterocycles. The molecule has 5 nitrogen and oxygen atoms in total. The number of aliphatic carboxylic acids is 2. The van der Waals surface area contributed by atoms with Crippen LogP contribution in [-0.4, -0.2) is 37.2 Å². The Balaban J connectivity index is -0.000000135. The summed E-state index contributed by atoms with van der Waals surface area (Å²) in [7, 11) is 0. The van der Waals surface area contributed by atoms with Gasteiger partial charge in [-0.1, -0.05) is 53.4 Å². The molecule has 22 heavy (non-hydrogen) atoms. The van der Waals surface area contributed by atoms with Crippen molar-refractivity contribution in [1.29, 1.82) is 0 Å². The van der Waals surface area contributed by atoms with Crippen molar-refractivity contribution in [2.24, 2.45) is 11.8 Å². The van der Waals surface area contributed by atoms with E-state index in [0.717, 1.165) is 38.5 Å². The number of carboxylic acids is 2. The van der Waals surface area contributed by atoms with Crippen molar-refractivity contribution in [3.63, 3.8) is 0 Å². The van der Waals surface area contributed by atoms with Gasteiger partial charge in [-0.2, -0.15) is 0 Å². The minimum Gasteiger partial charge on any atom is -0.870 e. The van der Waals surface area contributed by atoms with Crippen molar-refractivity contribution in [1.82, 2.24) is 0 Å². The molecule has 6 heteroatoms. The third kappa shape index (κ3) is 17.6. The van der Waals surface area contributed by atoms with Crippen molar-refractivity contribution in [3.05, 3.63) is 0 Å². The number of carboxylic acid groups (broad SMARTS) is 2. The summed E-state index contributed by atoms with van der Waals surface area (Å²) in [6, 6.07) is 0. The van der Waals surface area contributed by atoms with Crippen LogP contribution in [0.1, 0.15) is 79.1 Å². The number of rotatable bonds is 10. The van der Waals surface area contributed by atoms with Crippen molar-refractivity contribution < 1.29 is 25.3 Å². The van der Waals surface area contributed by atoms with Gasteiger partial charge in [0, 0.05) is 11.9 Å².